The minimum absolute atomic E-state index is 0.674. The molecule has 0 atom stereocenters. The lowest BCUT2D eigenvalue weighted by atomic mass is 9.89. The van der Waals surface area contributed by atoms with Crippen LogP contribution in [0.25, 0.3) is 5.70 Å². The summed E-state index contributed by atoms with van der Waals surface area (Å²) >= 11 is 0. The van der Waals surface area contributed by atoms with Gasteiger partial charge in [-0.1, -0.05) is 49.0 Å². The maximum atomic E-state index is 6.03. The van der Waals surface area contributed by atoms with Gasteiger partial charge in [-0.05, 0) is 48.4 Å². The van der Waals surface area contributed by atoms with Gasteiger partial charge in [0, 0.05) is 24.5 Å². The van der Waals surface area contributed by atoms with Gasteiger partial charge in [0.25, 0.3) is 0 Å². The highest BCUT2D eigenvalue weighted by atomic mass is 15.1. The fourth-order valence-electron chi connectivity index (χ4n) is 3.21. The highest BCUT2D eigenvalue weighted by molar-refractivity contribution is 5.66. The SMILES string of the molecule is C=C(c1ccc(C)c(N)c1)N1CCC(c2ccccc2)CC1. The molecule has 0 saturated carbocycles. The number of benzene rings is 2. The van der Waals surface area contributed by atoms with Crippen LogP contribution in [0.15, 0.2) is 55.1 Å². The van der Waals surface area contributed by atoms with E-state index in [-0.39, 0.29) is 0 Å². The molecule has 2 heteroatoms. The fourth-order valence-corrected chi connectivity index (χ4v) is 3.21. The van der Waals surface area contributed by atoms with E-state index in [1.807, 2.05) is 13.0 Å². The van der Waals surface area contributed by atoms with Crippen LogP contribution >= 0.6 is 0 Å². The maximum absolute atomic E-state index is 6.03. The molecule has 1 aliphatic rings. The Morgan fingerprint density at radius 3 is 2.41 bits per heavy atom. The van der Waals surface area contributed by atoms with E-state index < -0.39 is 0 Å². The number of hydrogen-bond donors (Lipinski definition) is 1. The zero-order valence-electron chi connectivity index (χ0n) is 13.3. The van der Waals surface area contributed by atoms with E-state index >= 15 is 0 Å². The van der Waals surface area contributed by atoms with Crippen LogP contribution in [0.1, 0.15) is 35.4 Å². The summed E-state index contributed by atoms with van der Waals surface area (Å²) in [4.78, 5) is 2.39. The molecule has 0 aromatic heterocycles. The number of aryl methyl sites for hydroxylation is 1. The van der Waals surface area contributed by atoms with Crippen LogP contribution < -0.4 is 5.73 Å². The van der Waals surface area contributed by atoms with Gasteiger partial charge in [-0.2, -0.15) is 0 Å². The lowest BCUT2D eigenvalue weighted by Gasteiger charge is -2.35. The number of hydrogen-bond acceptors (Lipinski definition) is 2. The van der Waals surface area contributed by atoms with Gasteiger partial charge >= 0.3 is 0 Å². The summed E-state index contributed by atoms with van der Waals surface area (Å²) in [5.41, 5.74) is 11.7. The van der Waals surface area contributed by atoms with Gasteiger partial charge in [0.15, 0.2) is 0 Å². The van der Waals surface area contributed by atoms with Crippen molar-refractivity contribution in [2.45, 2.75) is 25.7 Å². The standard InChI is InChI=1S/C20H24N2/c1-15-8-9-19(14-20(15)21)16(2)22-12-10-18(11-13-22)17-6-4-3-5-7-17/h3-9,14,18H,2,10-13,21H2,1H3. The van der Waals surface area contributed by atoms with E-state index in [0.29, 0.717) is 5.92 Å². The van der Waals surface area contributed by atoms with Crippen molar-refractivity contribution in [1.29, 1.82) is 0 Å². The number of nitrogens with two attached hydrogens (primary N) is 1. The molecule has 114 valence electrons. The molecule has 0 unspecified atom stereocenters. The number of likely N-dealkylation sites (tertiary alicyclic amines) is 1. The fraction of sp³-hybridized carbons (Fsp3) is 0.300. The molecule has 0 radical (unpaired) electrons. The number of nitrogens with zero attached hydrogens (tertiary/aromatic N) is 1. The number of anilines is 1. The smallest absolute Gasteiger partial charge is 0.0367 e. The van der Waals surface area contributed by atoms with Crippen LogP contribution in [0, 0.1) is 6.92 Å². The molecule has 3 rings (SSSR count). The Labute approximate surface area is 133 Å². The summed E-state index contributed by atoms with van der Waals surface area (Å²) in [5, 5.41) is 0. The Bertz CT molecular complexity index is 653. The molecule has 0 bridgehead atoms. The second kappa shape index (κ2) is 6.27. The average Bonchev–Trinajstić information content (AvgIpc) is 2.58. The molecule has 22 heavy (non-hydrogen) atoms. The number of nitrogen functional groups attached to an aromatic ring is 1. The molecule has 2 N–H and O–H groups in total. The van der Waals surface area contributed by atoms with E-state index in [9.17, 15) is 0 Å². The van der Waals surface area contributed by atoms with Gasteiger partial charge in [0.1, 0.15) is 0 Å². The summed E-state index contributed by atoms with van der Waals surface area (Å²) in [6, 6.07) is 17.1. The zero-order chi connectivity index (χ0) is 15.5. The van der Waals surface area contributed by atoms with Crippen LogP contribution in [0.4, 0.5) is 5.69 Å². The minimum atomic E-state index is 0.674. The molecular weight excluding hydrogens is 268 g/mol. The second-order valence-corrected chi connectivity index (χ2v) is 6.19. The molecule has 0 spiro atoms. The van der Waals surface area contributed by atoms with Gasteiger partial charge in [-0.3, -0.25) is 0 Å². The van der Waals surface area contributed by atoms with Gasteiger partial charge in [-0.15, -0.1) is 0 Å². The number of rotatable bonds is 3. The van der Waals surface area contributed by atoms with Gasteiger partial charge in [0.05, 0.1) is 0 Å². The van der Waals surface area contributed by atoms with Crippen LogP contribution in [-0.2, 0) is 0 Å². The molecule has 2 aromatic carbocycles. The van der Waals surface area contributed by atoms with Crippen molar-refractivity contribution in [2.75, 3.05) is 18.8 Å². The van der Waals surface area contributed by atoms with Crippen molar-refractivity contribution < 1.29 is 0 Å². The Balaban J connectivity index is 1.66. The second-order valence-electron chi connectivity index (χ2n) is 6.19. The first kappa shape index (κ1) is 14.7. The lowest BCUT2D eigenvalue weighted by molar-refractivity contribution is 0.299. The molecule has 1 fully saturated rings. The zero-order valence-corrected chi connectivity index (χ0v) is 13.3. The first-order chi connectivity index (χ1) is 10.6. The van der Waals surface area contributed by atoms with Gasteiger partial charge < -0.3 is 10.6 Å². The van der Waals surface area contributed by atoms with Crippen LogP contribution in [0.2, 0.25) is 0 Å². The third-order valence-electron chi connectivity index (χ3n) is 4.76. The first-order valence-corrected chi connectivity index (χ1v) is 8.00. The predicted octanol–water partition coefficient (Wildman–Crippen LogP) is 4.43. The average molecular weight is 292 g/mol. The van der Waals surface area contributed by atoms with Gasteiger partial charge in [-0.25, -0.2) is 0 Å². The summed E-state index contributed by atoms with van der Waals surface area (Å²) in [7, 11) is 0. The van der Waals surface area contributed by atoms with Crippen LogP contribution in [-0.4, -0.2) is 18.0 Å². The van der Waals surface area contributed by atoms with E-state index in [2.05, 4.69) is 53.9 Å². The van der Waals surface area contributed by atoms with Crippen molar-refractivity contribution in [3.63, 3.8) is 0 Å². The van der Waals surface area contributed by atoms with Crippen LogP contribution in [0.3, 0.4) is 0 Å². The van der Waals surface area contributed by atoms with Crippen molar-refractivity contribution in [2.24, 2.45) is 0 Å². The first-order valence-electron chi connectivity index (χ1n) is 8.00. The molecule has 1 heterocycles. The van der Waals surface area contributed by atoms with Crippen molar-refractivity contribution >= 4 is 11.4 Å². The Morgan fingerprint density at radius 1 is 1.09 bits per heavy atom. The monoisotopic (exact) mass is 292 g/mol. The Kier molecular flexibility index (Phi) is 4.19. The Morgan fingerprint density at radius 2 is 1.77 bits per heavy atom. The molecule has 0 amide bonds. The summed E-state index contributed by atoms with van der Waals surface area (Å²) in [5.74, 6) is 0.674. The molecule has 1 aliphatic heterocycles. The largest absolute Gasteiger partial charge is 0.398 e. The third-order valence-corrected chi connectivity index (χ3v) is 4.76. The lowest BCUT2D eigenvalue weighted by Crippen LogP contribution is -2.31. The summed E-state index contributed by atoms with van der Waals surface area (Å²) < 4.78 is 0. The number of piperidine rings is 1. The Hall–Kier alpha value is -2.22. The van der Waals surface area contributed by atoms with E-state index in [1.54, 1.807) is 0 Å². The summed E-state index contributed by atoms with van der Waals surface area (Å²) in [6.45, 7) is 8.45. The molecular formula is C20H24N2. The van der Waals surface area contributed by atoms with Crippen molar-refractivity contribution in [3.05, 3.63) is 71.8 Å². The highest BCUT2D eigenvalue weighted by Gasteiger charge is 2.21. The van der Waals surface area contributed by atoms with Gasteiger partial charge in [0.2, 0.25) is 0 Å². The van der Waals surface area contributed by atoms with E-state index in [1.165, 1.54) is 18.4 Å². The quantitative estimate of drug-likeness (QED) is 0.848. The molecule has 2 aromatic rings. The topological polar surface area (TPSA) is 29.3 Å². The van der Waals surface area contributed by atoms with E-state index in [0.717, 1.165) is 35.6 Å². The molecule has 0 aliphatic carbocycles. The maximum Gasteiger partial charge on any atom is 0.0367 e. The highest BCUT2D eigenvalue weighted by Crippen LogP contribution is 2.31. The minimum Gasteiger partial charge on any atom is -0.398 e. The van der Waals surface area contributed by atoms with Crippen LogP contribution in [0.5, 0.6) is 0 Å². The van der Waals surface area contributed by atoms with E-state index in [4.69, 9.17) is 5.73 Å². The van der Waals surface area contributed by atoms with Crippen molar-refractivity contribution in [1.82, 2.24) is 4.90 Å². The van der Waals surface area contributed by atoms with Crippen molar-refractivity contribution in [3.8, 4) is 0 Å². The summed E-state index contributed by atoms with van der Waals surface area (Å²) in [6.07, 6.45) is 2.37. The normalized spacial score (nSPS) is 15.8. The predicted molar refractivity (Wildman–Crippen MR) is 94.6 cm³/mol. The molecule has 1 saturated heterocycles. The third kappa shape index (κ3) is 3.01. The molecule has 2 nitrogen and oxygen atoms in total.